The Morgan fingerprint density at radius 3 is 1.63 bits per heavy atom. The summed E-state index contributed by atoms with van der Waals surface area (Å²) in [7, 11) is 0. The second-order valence-corrected chi connectivity index (χ2v) is 4.90. The van der Waals surface area contributed by atoms with Crippen LogP contribution in [0.4, 0.5) is 4.79 Å². The molecule has 0 aliphatic carbocycles. The quantitative estimate of drug-likeness (QED) is 0.576. The largest absolute Gasteiger partial charge is 0.342 e. The summed E-state index contributed by atoms with van der Waals surface area (Å²) in [6, 6.07) is 0.0220. The van der Waals surface area contributed by atoms with Gasteiger partial charge in [-0.2, -0.15) is 0 Å². The second-order valence-electron chi connectivity index (χ2n) is 4.90. The number of nitrogens with zero attached hydrogens (tertiary/aromatic N) is 4. The average molecular weight is 268 g/mol. The van der Waals surface area contributed by atoms with Crippen LogP contribution in [0.15, 0.2) is 0 Å². The molecule has 0 aromatic carbocycles. The minimum absolute atomic E-state index is 0.0220. The lowest BCUT2D eigenvalue weighted by atomic mass is 10.3. The molecule has 0 radical (unpaired) electrons. The third-order valence-electron chi connectivity index (χ3n) is 3.73. The van der Waals surface area contributed by atoms with E-state index in [1.165, 1.54) is 0 Å². The molecule has 2 rings (SSSR count). The molecule has 0 aromatic heterocycles. The fourth-order valence-electron chi connectivity index (χ4n) is 2.43. The molecule has 106 valence electrons. The number of hydrogen-bond donors (Lipinski definition) is 0. The van der Waals surface area contributed by atoms with Crippen LogP contribution in [0.3, 0.4) is 0 Å². The molecule has 2 aliphatic rings. The predicted molar refractivity (Wildman–Crippen MR) is 68.4 cm³/mol. The first-order chi connectivity index (χ1) is 9.11. The van der Waals surface area contributed by atoms with Gasteiger partial charge in [0.2, 0.25) is 12.3 Å². The Morgan fingerprint density at radius 2 is 1.21 bits per heavy atom. The summed E-state index contributed by atoms with van der Waals surface area (Å²) in [6.07, 6.45) is 0.827. The molecular formula is C12H20N4O3. The van der Waals surface area contributed by atoms with Gasteiger partial charge in [0.1, 0.15) is 0 Å². The molecular weight excluding hydrogens is 248 g/mol. The van der Waals surface area contributed by atoms with Crippen LogP contribution in [0, 0.1) is 0 Å². The van der Waals surface area contributed by atoms with Crippen molar-refractivity contribution in [3.63, 3.8) is 0 Å². The van der Waals surface area contributed by atoms with Gasteiger partial charge in [-0.25, -0.2) is 4.79 Å². The van der Waals surface area contributed by atoms with Gasteiger partial charge >= 0.3 is 6.03 Å². The lowest BCUT2D eigenvalue weighted by Crippen LogP contribution is -2.57. The van der Waals surface area contributed by atoms with E-state index in [0.29, 0.717) is 52.4 Å². The van der Waals surface area contributed by atoms with Crippen LogP contribution in [-0.4, -0.2) is 90.3 Å². The van der Waals surface area contributed by atoms with Crippen molar-refractivity contribution in [3.05, 3.63) is 0 Å². The molecule has 2 fully saturated rings. The van der Waals surface area contributed by atoms with Gasteiger partial charge in [0.05, 0.1) is 0 Å². The van der Waals surface area contributed by atoms with Crippen LogP contribution in [-0.2, 0) is 9.59 Å². The summed E-state index contributed by atoms with van der Waals surface area (Å²) in [5.74, 6) is 0.0618. The molecule has 7 nitrogen and oxygen atoms in total. The number of carbonyl (C=O) groups is 3. The molecule has 0 atom stereocenters. The average Bonchev–Trinajstić information content (AvgIpc) is 2.46. The molecule has 2 aliphatic heterocycles. The Kier molecular flexibility index (Phi) is 4.24. The SMILES string of the molecule is CC(=O)N1CCN(C(=O)N2CCN(C=O)CC2)CC1. The van der Waals surface area contributed by atoms with Crippen molar-refractivity contribution in [3.8, 4) is 0 Å². The zero-order chi connectivity index (χ0) is 13.8. The van der Waals surface area contributed by atoms with Crippen molar-refractivity contribution in [2.24, 2.45) is 0 Å². The van der Waals surface area contributed by atoms with Gasteiger partial charge in [0.15, 0.2) is 0 Å². The van der Waals surface area contributed by atoms with Crippen molar-refractivity contribution in [1.82, 2.24) is 19.6 Å². The van der Waals surface area contributed by atoms with Gasteiger partial charge in [-0.1, -0.05) is 0 Å². The normalized spacial score (nSPS) is 20.5. The fourth-order valence-corrected chi connectivity index (χ4v) is 2.43. The van der Waals surface area contributed by atoms with Crippen molar-refractivity contribution in [2.75, 3.05) is 52.4 Å². The highest BCUT2D eigenvalue weighted by Gasteiger charge is 2.27. The summed E-state index contributed by atoms with van der Waals surface area (Å²) in [5.41, 5.74) is 0. The number of rotatable bonds is 1. The highest BCUT2D eigenvalue weighted by atomic mass is 16.2. The summed E-state index contributed by atoms with van der Waals surface area (Å²) in [4.78, 5) is 41.1. The number of amides is 4. The van der Waals surface area contributed by atoms with E-state index in [1.54, 1.807) is 26.5 Å². The number of urea groups is 1. The van der Waals surface area contributed by atoms with Crippen LogP contribution < -0.4 is 0 Å². The topological polar surface area (TPSA) is 64.2 Å². The molecule has 0 bridgehead atoms. The highest BCUT2D eigenvalue weighted by molar-refractivity contribution is 5.76. The Hall–Kier alpha value is -1.79. The van der Waals surface area contributed by atoms with Gasteiger partial charge in [-0.3, -0.25) is 9.59 Å². The van der Waals surface area contributed by atoms with Crippen LogP contribution in [0.5, 0.6) is 0 Å². The maximum Gasteiger partial charge on any atom is 0.320 e. The van der Waals surface area contributed by atoms with Crippen LogP contribution in [0.2, 0.25) is 0 Å². The Morgan fingerprint density at radius 1 is 0.789 bits per heavy atom. The smallest absolute Gasteiger partial charge is 0.320 e. The van der Waals surface area contributed by atoms with E-state index in [2.05, 4.69) is 0 Å². The molecule has 4 amide bonds. The van der Waals surface area contributed by atoms with E-state index in [0.717, 1.165) is 6.41 Å². The van der Waals surface area contributed by atoms with Crippen molar-refractivity contribution < 1.29 is 14.4 Å². The van der Waals surface area contributed by atoms with Crippen molar-refractivity contribution >= 4 is 18.3 Å². The highest BCUT2D eigenvalue weighted by Crippen LogP contribution is 2.08. The summed E-state index contributed by atoms with van der Waals surface area (Å²) in [5, 5.41) is 0. The molecule has 0 unspecified atom stereocenters. The van der Waals surface area contributed by atoms with Gasteiger partial charge in [-0.15, -0.1) is 0 Å². The summed E-state index contributed by atoms with van der Waals surface area (Å²) < 4.78 is 0. The summed E-state index contributed by atoms with van der Waals surface area (Å²) >= 11 is 0. The van der Waals surface area contributed by atoms with Crippen LogP contribution >= 0.6 is 0 Å². The monoisotopic (exact) mass is 268 g/mol. The summed E-state index contributed by atoms with van der Waals surface area (Å²) in [6.45, 7) is 6.32. The third-order valence-corrected chi connectivity index (χ3v) is 3.73. The lowest BCUT2D eigenvalue weighted by molar-refractivity contribution is -0.130. The van der Waals surface area contributed by atoms with Crippen LogP contribution in [0.25, 0.3) is 0 Å². The first-order valence-corrected chi connectivity index (χ1v) is 6.60. The zero-order valence-electron chi connectivity index (χ0n) is 11.2. The molecule has 0 aromatic rings. The fraction of sp³-hybridized carbons (Fsp3) is 0.750. The van der Waals surface area contributed by atoms with Gasteiger partial charge in [0, 0.05) is 59.3 Å². The van der Waals surface area contributed by atoms with E-state index in [-0.39, 0.29) is 11.9 Å². The number of hydrogen-bond acceptors (Lipinski definition) is 3. The van der Waals surface area contributed by atoms with Crippen LogP contribution in [0.1, 0.15) is 6.92 Å². The molecule has 2 saturated heterocycles. The first-order valence-electron chi connectivity index (χ1n) is 6.60. The molecule has 2 heterocycles. The number of piperazine rings is 2. The van der Waals surface area contributed by atoms with E-state index < -0.39 is 0 Å². The molecule has 19 heavy (non-hydrogen) atoms. The lowest BCUT2D eigenvalue weighted by Gasteiger charge is -2.39. The minimum atomic E-state index is 0.0220. The van der Waals surface area contributed by atoms with E-state index in [4.69, 9.17) is 0 Å². The van der Waals surface area contributed by atoms with E-state index >= 15 is 0 Å². The molecule has 0 saturated carbocycles. The van der Waals surface area contributed by atoms with Gasteiger partial charge < -0.3 is 19.6 Å². The molecule has 0 N–H and O–H groups in total. The first kappa shape index (κ1) is 13.6. The molecule has 7 heteroatoms. The zero-order valence-corrected chi connectivity index (χ0v) is 11.2. The second kappa shape index (κ2) is 5.90. The minimum Gasteiger partial charge on any atom is -0.342 e. The maximum atomic E-state index is 12.3. The Balaban J connectivity index is 1.81. The van der Waals surface area contributed by atoms with E-state index in [1.807, 2.05) is 0 Å². The van der Waals surface area contributed by atoms with E-state index in [9.17, 15) is 14.4 Å². The molecule has 0 spiro atoms. The standard InChI is InChI=1S/C12H20N4O3/c1-11(18)14-6-8-16(9-7-14)12(19)15-4-2-13(10-17)3-5-15/h10H,2-9H2,1H3. The van der Waals surface area contributed by atoms with Gasteiger partial charge in [0.25, 0.3) is 0 Å². The maximum absolute atomic E-state index is 12.3. The van der Waals surface area contributed by atoms with Crippen molar-refractivity contribution in [1.29, 1.82) is 0 Å². The number of carbonyl (C=O) groups excluding carboxylic acids is 3. The predicted octanol–water partition coefficient (Wildman–Crippen LogP) is -0.955. The van der Waals surface area contributed by atoms with Gasteiger partial charge in [-0.05, 0) is 0 Å². The Bertz CT molecular complexity index is 358. The Labute approximate surface area is 112 Å². The van der Waals surface area contributed by atoms with Crippen molar-refractivity contribution in [2.45, 2.75) is 6.92 Å². The third kappa shape index (κ3) is 3.15.